The number of hydrogen-bond acceptors (Lipinski definition) is 4. The number of hydrogen-bond donors (Lipinski definition) is 1. The van der Waals surface area contributed by atoms with Crippen LogP contribution in [0.5, 0.6) is 0 Å². The summed E-state index contributed by atoms with van der Waals surface area (Å²) in [6.45, 7) is 4.23. The molecule has 2 heterocycles. The first-order valence-corrected chi connectivity index (χ1v) is 10.6. The minimum absolute atomic E-state index is 0.270. The number of nitrogens with one attached hydrogen (secondary N) is 1. The van der Waals surface area contributed by atoms with Crippen molar-refractivity contribution in [2.45, 2.75) is 31.3 Å². The lowest BCUT2D eigenvalue weighted by Gasteiger charge is -2.33. The van der Waals surface area contributed by atoms with E-state index in [0.717, 1.165) is 33.7 Å². The Kier molecular flexibility index (Phi) is 5.24. The first-order valence-electron chi connectivity index (χ1n) is 9.69. The van der Waals surface area contributed by atoms with Gasteiger partial charge in [0.2, 0.25) is 5.91 Å². The van der Waals surface area contributed by atoms with Crippen molar-refractivity contribution in [1.82, 2.24) is 15.1 Å². The molecule has 29 heavy (non-hydrogen) atoms. The maximum atomic E-state index is 13.3. The van der Waals surface area contributed by atoms with Crippen molar-refractivity contribution in [1.29, 1.82) is 0 Å². The van der Waals surface area contributed by atoms with Crippen LogP contribution in [-0.2, 0) is 28.1 Å². The lowest BCUT2D eigenvalue weighted by atomic mass is 9.76. The number of amides is 4. The van der Waals surface area contributed by atoms with Gasteiger partial charge >= 0.3 is 6.03 Å². The Hall–Kier alpha value is -2.93. The fourth-order valence-corrected chi connectivity index (χ4v) is 4.91. The monoisotopic (exact) mass is 409 g/mol. The Balaban J connectivity index is 1.55. The SMILES string of the molecule is C=CCN(Cc1cccs1)C(=O)CN1C(=O)N[C@@]2(CCCc3ccccc32)C1=O. The van der Waals surface area contributed by atoms with E-state index in [1.165, 1.54) is 0 Å². The van der Waals surface area contributed by atoms with Crippen LogP contribution in [0.1, 0.15) is 28.8 Å². The number of aryl methyl sites for hydroxylation is 1. The predicted octanol–water partition coefficient (Wildman–Crippen LogP) is 3.05. The second-order valence-corrected chi connectivity index (χ2v) is 8.41. The zero-order valence-electron chi connectivity index (χ0n) is 16.1. The van der Waals surface area contributed by atoms with Crippen molar-refractivity contribution in [3.8, 4) is 0 Å². The standard InChI is InChI=1S/C22H23N3O3S/c1-2-12-24(14-17-9-6-13-29-17)19(26)15-25-20(27)22(23-21(25)28)11-5-8-16-7-3-4-10-18(16)22/h2-4,6-7,9-10,13H,1,5,8,11-12,14-15H2,(H,23,28)/t22-/m1/s1. The molecule has 1 aromatic heterocycles. The van der Waals surface area contributed by atoms with Crippen LogP contribution in [0.15, 0.2) is 54.4 Å². The highest BCUT2D eigenvalue weighted by Gasteiger charge is 2.54. The summed E-state index contributed by atoms with van der Waals surface area (Å²) in [4.78, 5) is 42.7. The van der Waals surface area contributed by atoms with E-state index in [4.69, 9.17) is 0 Å². The van der Waals surface area contributed by atoms with Gasteiger partial charge in [0.05, 0.1) is 6.54 Å². The summed E-state index contributed by atoms with van der Waals surface area (Å²) < 4.78 is 0. The van der Waals surface area contributed by atoms with Crippen LogP contribution in [0.3, 0.4) is 0 Å². The molecule has 1 aromatic carbocycles. The zero-order valence-corrected chi connectivity index (χ0v) is 16.9. The van der Waals surface area contributed by atoms with Crippen LogP contribution in [0.25, 0.3) is 0 Å². The number of fused-ring (bicyclic) bond motifs is 2. The average Bonchev–Trinajstić information content (AvgIpc) is 3.31. The van der Waals surface area contributed by atoms with E-state index in [1.54, 1.807) is 22.3 Å². The Labute approximate surface area is 173 Å². The highest BCUT2D eigenvalue weighted by molar-refractivity contribution is 7.09. The van der Waals surface area contributed by atoms with Gasteiger partial charge in [0, 0.05) is 11.4 Å². The molecule has 150 valence electrons. The van der Waals surface area contributed by atoms with Gasteiger partial charge in [0.15, 0.2) is 0 Å². The smallest absolute Gasteiger partial charge is 0.325 e. The van der Waals surface area contributed by atoms with Gasteiger partial charge in [-0.05, 0) is 41.8 Å². The Morgan fingerprint density at radius 2 is 2.10 bits per heavy atom. The molecule has 2 aromatic rings. The molecule has 7 heteroatoms. The van der Waals surface area contributed by atoms with Crippen LogP contribution < -0.4 is 5.32 Å². The van der Waals surface area contributed by atoms with Crippen molar-refractivity contribution in [2.24, 2.45) is 0 Å². The minimum Gasteiger partial charge on any atom is -0.332 e. The summed E-state index contributed by atoms with van der Waals surface area (Å²) in [5.41, 5.74) is 0.871. The summed E-state index contributed by atoms with van der Waals surface area (Å²) in [7, 11) is 0. The summed E-state index contributed by atoms with van der Waals surface area (Å²) in [5, 5.41) is 4.85. The van der Waals surface area contributed by atoms with Gasteiger partial charge in [-0.15, -0.1) is 17.9 Å². The molecule has 1 N–H and O–H groups in total. The van der Waals surface area contributed by atoms with Crippen LogP contribution in [0.4, 0.5) is 4.79 Å². The lowest BCUT2D eigenvalue weighted by molar-refractivity contribution is -0.139. The van der Waals surface area contributed by atoms with Crippen LogP contribution in [0.2, 0.25) is 0 Å². The molecule has 4 amide bonds. The lowest BCUT2D eigenvalue weighted by Crippen LogP contribution is -2.47. The molecule has 0 bridgehead atoms. The molecule has 0 unspecified atom stereocenters. The molecule has 1 spiro atoms. The predicted molar refractivity (Wildman–Crippen MR) is 111 cm³/mol. The molecule has 1 saturated heterocycles. The second kappa shape index (κ2) is 7.83. The summed E-state index contributed by atoms with van der Waals surface area (Å²) in [5.74, 6) is -0.611. The molecule has 1 aliphatic carbocycles. The number of carbonyl (C=O) groups excluding carboxylic acids is 3. The van der Waals surface area contributed by atoms with Gasteiger partial charge < -0.3 is 10.2 Å². The van der Waals surface area contributed by atoms with Gasteiger partial charge in [0.1, 0.15) is 12.1 Å². The molecule has 1 atom stereocenters. The zero-order chi connectivity index (χ0) is 20.4. The minimum atomic E-state index is -1.05. The third kappa shape index (κ3) is 3.46. The Morgan fingerprint density at radius 1 is 1.28 bits per heavy atom. The van der Waals surface area contributed by atoms with Gasteiger partial charge in [-0.2, -0.15) is 0 Å². The van der Waals surface area contributed by atoms with E-state index in [9.17, 15) is 14.4 Å². The number of nitrogens with zero attached hydrogens (tertiary/aromatic N) is 2. The highest BCUT2D eigenvalue weighted by Crippen LogP contribution is 2.39. The van der Waals surface area contributed by atoms with Crippen molar-refractivity contribution in [2.75, 3.05) is 13.1 Å². The van der Waals surface area contributed by atoms with Gasteiger partial charge in [-0.25, -0.2) is 4.79 Å². The van der Waals surface area contributed by atoms with E-state index in [1.807, 2.05) is 41.8 Å². The quantitative estimate of drug-likeness (QED) is 0.589. The second-order valence-electron chi connectivity index (χ2n) is 7.38. The Morgan fingerprint density at radius 3 is 2.86 bits per heavy atom. The van der Waals surface area contributed by atoms with E-state index in [0.29, 0.717) is 19.5 Å². The molecule has 6 nitrogen and oxygen atoms in total. The van der Waals surface area contributed by atoms with Crippen molar-refractivity contribution in [3.05, 3.63) is 70.4 Å². The summed E-state index contributed by atoms with van der Waals surface area (Å²) in [6.07, 6.45) is 3.89. The number of imide groups is 1. The number of urea groups is 1. The summed E-state index contributed by atoms with van der Waals surface area (Å²) >= 11 is 1.56. The fraction of sp³-hybridized carbons (Fsp3) is 0.318. The molecule has 0 saturated carbocycles. The topological polar surface area (TPSA) is 69.7 Å². The average molecular weight is 410 g/mol. The van der Waals surface area contributed by atoms with Gasteiger partial charge in [0.25, 0.3) is 5.91 Å². The molecule has 0 radical (unpaired) electrons. The van der Waals surface area contributed by atoms with E-state index in [2.05, 4.69) is 11.9 Å². The number of thiophene rings is 1. The first kappa shape index (κ1) is 19.4. The van der Waals surface area contributed by atoms with Crippen LogP contribution in [-0.4, -0.2) is 40.7 Å². The molecule has 4 rings (SSSR count). The third-order valence-corrected chi connectivity index (χ3v) is 6.43. The van der Waals surface area contributed by atoms with Crippen LogP contribution in [0, 0.1) is 0 Å². The van der Waals surface area contributed by atoms with Gasteiger partial charge in [-0.3, -0.25) is 14.5 Å². The fourth-order valence-electron chi connectivity index (χ4n) is 4.19. The first-order chi connectivity index (χ1) is 14.0. The number of rotatable bonds is 6. The van der Waals surface area contributed by atoms with Crippen molar-refractivity contribution < 1.29 is 14.4 Å². The van der Waals surface area contributed by atoms with E-state index < -0.39 is 11.6 Å². The molecular formula is C22H23N3O3S. The Bertz CT molecular complexity index is 956. The van der Waals surface area contributed by atoms with Crippen molar-refractivity contribution >= 4 is 29.2 Å². The number of carbonyl (C=O) groups is 3. The number of benzene rings is 1. The largest absolute Gasteiger partial charge is 0.332 e. The maximum Gasteiger partial charge on any atom is 0.325 e. The van der Waals surface area contributed by atoms with Crippen LogP contribution >= 0.6 is 11.3 Å². The molecule has 2 aliphatic rings. The molecule has 1 aliphatic heterocycles. The molecular weight excluding hydrogens is 386 g/mol. The van der Waals surface area contributed by atoms with E-state index >= 15 is 0 Å². The normalized spacial score (nSPS) is 20.5. The van der Waals surface area contributed by atoms with Gasteiger partial charge in [-0.1, -0.05) is 36.4 Å². The molecule has 1 fully saturated rings. The third-order valence-electron chi connectivity index (χ3n) is 5.57. The van der Waals surface area contributed by atoms with Crippen molar-refractivity contribution in [3.63, 3.8) is 0 Å². The highest BCUT2D eigenvalue weighted by atomic mass is 32.1. The van der Waals surface area contributed by atoms with E-state index in [-0.39, 0.29) is 18.4 Å². The summed E-state index contributed by atoms with van der Waals surface area (Å²) in [6, 6.07) is 11.1. The maximum absolute atomic E-state index is 13.3.